The van der Waals surface area contributed by atoms with Gasteiger partial charge in [-0.05, 0) is 74.5 Å². The van der Waals surface area contributed by atoms with E-state index in [0.717, 1.165) is 19.3 Å². The minimum absolute atomic E-state index is 0.0402. The topological polar surface area (TPSA) is 60.4 Å². The summed E-state index contributed by atoms with van der Waals surface area (Å²) < 4.78 is 31.7. The molecule has 1 aromatic rings. The van der Waals surface area contributed by atoms with Gasteiger partial charge in [0.1, 0.15) is 6.61 Å². The molecule has 1 fully saturated rings. The summed E-state index contributed by atoms with van der Waals surface area (Å²) in [6.45, 7) is 11.1. The van der Waals surface area contributed by atoms with E-state index in [1.54, 1.807) is 30.3 Å². The molecular weight excluding hydrogens is 408 g/mol. The number of ether oxygens (including phenoxy) is 1. The molecule has 1 heterocycles. The highest BCUT2D eigenvalue weighted by molar-refractivity contribution is 7.92. The fourth-order valence-electron chi connectivity index (χ4n) is 4.88. The first kappa shape index (κ1) is 23.5. The Labute approximate surface area is 187 Å². The number of carbonyl (C=O) groups is 1. The van der Waals surface area contributed by atoms with E-state index in [9.17, 15) is 13.2 Å². The van der Waals surface area contributed by atoms with Crippen molar-refractivity contribution in [3.63, 3.8) is 0 Å². The van der Waals surface area contributed by atoms with Gasteiger partial charge in [-0.15, -0.1) is 0 Å². The van der Waals surface area contributed by atoms with Gasteiger partial charge in [0.25, 0.3) is 0 Å². The second kappa shape index (κ2) is 9.56. The number of carbonyl (C=O) groups excluding carboxylic acids is 1. The number of hydrogen-bond acceptors (Lipinski definition) is 4. The zero-order chi connectivity index (χ0) is 22.6. The SMILES string of the molecule is C=C1CCCC(C)(C)[C@@H]1CC/C(C)=C/CC(C1=CC(=O)OC1)S(=O)(=O)c1ccccc1. The van der Waals surface area contributed by atoms with Crippen molar-refractivity contribution in [3.8, 4) is 0 Å². The van der Waals surface area contributed by atoms with Crippen LogP contribution in [0.3, 0.4) is 0 Å². The molecule has 0 radical (unpaired) electrons. The molecule has 5 heteroatoms. The molecule has 31 heavy (non-hydrogen) atoms. The van der Waals surface area contributed by atoms with Crippen molar-refractivity contribution in [2.24, 2.45) is 11.3 Å². The number of esters is 1. The third-order valence-electron chi connectivity index (χ3n) is 6.81. The average molecular weight is 443 g/mol. The molecule has 0 N–H and O–H groups in total. The lowest BCUT2D eigenvalue weighted by Crippen LogP contribution is -2.29. The monoisotopic (exact) mass is 442 g/mol. The first-order valence-corrected chi connectivity index (χ1v) is 12.7. The van der Waals surface area contributed by atoms with Gasteiger partial charge in [-0.25, -0.2) is 13.2 Å². The molecular formula is C26H34O4S. The standard InChI is InChI=1S/C26H34O4S/c1-19(12-14-23-20(2)9-8-16-26(23,3)4)13-15-24(21-17-25(27)30-18-21)31(28,29)22-10-6-5-7-11-22/h5-7,10-11,13,17,23-24H,2,8-9,12,14-16,18H2,1,3-4H3/b19-13+/t23-,24?/m1/s1. The van der Waals surface area contributed by atoms with Crippen LogP contribution in [0.4, 0.5) is 0 Å². The maximum atomic E-state index is 13.3. The van der Waals surface area contributed by atoms with Gasteiger partial charge in [-0.2, -0.15) is 0 Å². The van der Waals surface area contributed by atoms with E-state index in [1.807, 2.05) is 6.08 Å². The minimum Gasteiger partial charge on any atom is -0.458 e. The maximum Gasteiger partial charge on any atom is 0.331 e. The lowest BCUT2D eigenvalue weighted by atomic mass is 9.65. The number of benzene rings is 1. The van der Waals surface area contributed by atoms with Crippen LogP contribution in [0.1, 0.15) is 59.3 Å². The molecule has 1 aliphatic carbocycles. The molecule has 0 bridgehead atoms. The van der Waals surface area contributed by atoms with Crippen LogP contribution >= 0.6 is 0 Å². The Bertz CT molecular complexity index is 983. The summed E-state index contributed by atoms with van der Waals surface area (Å²) in [5, 5.41) is -0.794. The third-order valence-corrected chi connectivity index (χ3v) is 8.98. The Balaban J connectivity index is 1.75. The van der Waals surface area contributed by atoms with Gasteiger partial charge in [0.15, 0.2) is 9.84 Å². The van der Waals surface area contributed by atoms with E-state index in [-0.39, 0.29) is 16.9 Å². The van der Waals surface area contributed by atoms with E-state index in [4.69, 9.17) is 4.74 Å². The van der Waals surface area contributed by atoms with Crippen molar-refractivity contribution >= 4 is 15.8 Å². The van der Waals surface area contributed by atoms with Crippen LogP contribution in [-0.4, -0.2) is 26.2 Å². The van der Waals surface area contributed by atoms with E-state index in [1.165, 1.54) is 30.1 Å². The Morgan fingerprint density at radius 3 is 2.61 bits per heavy atom. The van der Waals surface area contributed by atoms with E-state index < -0.39 is 21.1 Å². The highest BCUT2D eigenvalue weighted by atomic mass is 32.2. The number of hydrogen-bond donors (Lipinski definition) is 0. The molecule has 0 amide bonds. The summed E-state index contributed by atoms with van der Waals surface area (Å²) in [6.07, 6.45) is 9.19. The molecule has 0 spiro atoms. The third kappa shape index (κ3) is 5.57. The van der Waals surface area contributed by atoms with Gasteiger partial charge >= 0.3 is 5.97 Å². The quantitative estimate of drug-likeness (QED) is 0.376. The van der Waals surface area contributed by atoms with Crippen molar-refractivity contribution in [3.05, 3.63) is 65.8 Å². The number of cyclic esters (lactones) is 1. The fourth-order valence-corrected chi connectivity index (χ4v) is 6.63. The Hall–Kier alpha value is -2.14. The van der Waals surface area contributed by atoms with Crippen molar-refractivity contribution in [2.75, 3.05) is 6.61 Å². The van der Waals surface area contributed by atoms with Crippen molar-refractivity contribution in [2.45, 2.75) is 69.4 Å². The van der Waals surface area contributed by atoms with E-state index >= 15 is 0 Å². The van der Waals surface area contributed by atoms with Crippen LogP contribution in [0.2, 0.25) is 0 Å². The summed E-state index contributed by atoms with van der Waals surface area (Å²) in [5.41, 5.74) is 3.31. The van der Waals surface area contributed by atoms with Crippen molar-refractivity contribution < 1.29 is 17.9 Å². The highest BCUT2D eigenvalue weighted by Gasteiger charge is 2.35. The number of sulfone groups is 1. The van der Waals surface area contributed by atoms with Gasteiger partial charge < -0.3 is 4.74 Å². The van der Waals surface area contributed by atoms with Gasteiger partial charge in [0.05, 0.1) is 10.1 Å². The summed E-state index contributed by atoms with van der Waals surface area (Å²) in [7, 11) is -3.63. The predicted molar refractivity (Wildman–Crippen MR) is 124 cm³/mol. The largest absolute Gasteiger partial charge is 0.458 e. The van der Waals surface area contributed by atoms with Gasteiger partial charge in [0.2, 0.25) is 0 Å². The van der Waals surface area contributed by atoms with Crippen molar-refractivity contribution in [1.29, 1.82) is 0 Å². The summed E-state index contributed by atoms with van der Waals surface area (Å²) in [5.74, 6) is 0.0269. The second-order valence-corrected chi connectivity index (χ2v) is 11.7. The number of allylic oxidation sites excluding steroid dienone is 3. The minimum atomic E-state index is -3.63. The lowest BCUT2D eigenvalue weighted by molar-refractivity contribution is -0.134. The predicted octanol–water partition coefficient (Wildman–Crippen LogP) is 5.81. The fraction of sp³-hybridized carbons (Fsp3) is 0.500. The molecule has 1 unspecified atom stereocenters. The Morgan fingerprint density at radius 1 is 1.29 bits per heavy atom. The Kier molecular flexibility index (Phi) is 7.25. The first-order valence-electron chi connectivity index (χ1n) is 11.1. The zero-order valence-electron chi connectivity index (χ0n) is 18.9. The van der Waals surface area contributed by atoms with Crippen LogP contribution in [0, 0.1) is 11.3 Å². The molecule has 4 nitrogen and oxygen atoms in total. The maximum absolute atomic E-state index is 13.3. The molecule has 1 aromatic carbocycles. The Morgan fingerprint density at radius 2 is 2.00 bits per heavy atom. The molecule has 0 aromatic heterocycles. The summed E-state index contributed by atoms with van der Waals surface area (Å²) in [4.78, 5) is 11.9. The van der Waals surface area contributed by atoms with Crippen LogP contribution < -0.4 is 0 Å². The van der Waals surface area contributed by atoms with E-state index in [0.29, 0.717) is 17.9 Å². The van der Waals surface area contributed by atoms with Crippen LogP contribution in [0.5, 0.6) is 0 Å². The molecule has 168 valence electrons. The van der Waals surface area contributed by atoms with Crippen molar-refractivity contribution in [1.82, 2.24) is 0 Å². The van der Waals surface area contributed by atoms with Crippen LogP contribution in [0.15, 0.2) is 70.7 Å². The second-order valence-electron chi connectivity index (χ2n) is 9.55. The molecule has 2 atom stereocenters. The molecule has 0 saturated heterocycles. The molecule has 1 aliphatic heterocycles. The lowest BCUT2D eigenvalue weighted by Gasteiger charge is -2.40. The summed E-state index contributed by atoms with van der Waals surface area (Å²) in [6, 6.07) is 8.44. The zero-order valence-corrected chi connectivity index (χ0v) is 19.7. The highest BCUT2D eigenvalue weighted by Crippen LogP contribution is 2.45. The summed E-state index contributed by atoms with van der Waals surface area (Å²) >= 11 is 0. The van der Waals surface area contributed by atoms with Crippen LogP contribution in [0.25, 0.3) is 0 Å². The smallest absolute Gasteiger partial charge is 0.331 e. The normalized spacial score (nSPS) is 22.7. The van der Waals surface area contributed by atoms with E-state index in [2.05, 4.69) is 27.4 Å². The van der Waals surface area contributed by atoms with Gasteiger partial charge in [-0.1, -0.05) is 55.8 Å². The van der Waals surface area contributed by atoms with Gasteiger partial charge in [0, 0.05) is 6.08 Å². The number of rotatable bonds is 8. The average Bonchev–Trinajstić information content (AvgIpc) is 3.13. The first-order chi connectivity index (χ1) is 14.6. The van der Waals surface area contributed by atoms with Crippen LogP contribution in [-0.2, 0) is 19.4 Å². The molecule has 2 aliphatic rings. The van der Waals surface area contributed by atoms with Gasteiger partial charge in [-0.3, -0.25) is 0 Å². The molecule has 1 saturated carbocycles. The molecule has 3 rings (SSSR count).